The van der Waals surface area contributed by atoms with E-state index in [2.05, 4.69) is 5.32 Å². The summed E-state index contributed by atoms with van der Waals surface area (Å²) in [7, 11) is -2.20. The Kier molecular flexibility index (Phi) is 6.18. The molecule has 0 atom stereocenters. The molecule has 1 aromatic carbocycles. The average Bonchev–Trinajstić information content (AvgIpc) is 2.60. The predicted molar refractivity (Wildman–Crippen MR) is 91.4 cm³/mol. The van der Waals surface area contributed by atoms with Gasteiger partial charge in [-0.2, -0.15) is 8.42 Å². The van der Waals surface area contributed by atoms with Gasteiger partial charge in [0.15, 0.2) is 0 Å². The number of methoxy groups -OCH3 is 1. The Balaban J connectivity index is 2.05. The van der Waals surface area contributed by atoms with E-state index in [1.54, 1.807) is 30.3 Å². The third-order valence-electron chi connectivity index (χ3n) is 4.44. The minimum absolute atomic E-state index is 0.0149. The van der Waals surface area contributed by atoms with Crippen LogP contribution < -0.4 is 5.32 Å². The SMILES string of the molecule is COC(=O)C1(NC(=O)c2ccccc2)CCC(COS(C)(=O)=O)CC1. The van der Waals surface area contributed by atoms with Crippen LogP contribution in [0.25, 0.3) is 0 Å². The Morgan fingerprint density at radius 2 is 1.80 bits per heavy atom. The van der Waals surface area contributed by atoms with Gasteiger partial charge in [0.25, 0.3) is 16.0 Å². The highest BCUT2D eigenvalue weighted by molar-refractivity contribution is 7.85. The van der Waals surface area contributed by atoms with E-state index in [0.29, 0.717) is 31.2 Å². The number of amides is 1. The highest BCUT2D eigenvalue weighted by atomic mass is 32.2. The molecule has 0 saturated heterocycles. The van der Waals surface area contributed by atoms with Crippen LogP contribution in [-0.2, 0) is 23.8 Å². The topological polar surface area (TPSA) is 98.8 Å². The van der Waals surface area contributed by atoms with Crippen molar-refractivity contribution in [1.82, 2.24) is 5.32 Å². The van der Waals surface area contributed by atoms with Gasteiger partial charge in [0.05, 0.1) is 20.0 Å². The molecule has 1 aromatic rings. The van der Waals surface area contributed by atoms with Gasteiger partial charge in [-0.3, -0.25) is 8.98 Å². The van der Waals surface area contributed by atoms with Crippen molar-refractivity contribution >= 4 is 22.0 Å². The Morgan fingerprint density at radius 3 is 2.32 bits per heavy atom. The zero-order chi connectivity index (χ0) is 18.5. The molecule has 8 heteroatoms. The summed E-state index contributed by atoms with van der Waals surface area (Å²) in [5.74, 6) is -0.808. The summed E-state index contributed by atoms with van der Waals surface area (Å²) in [6, 6.07) is 8.65. The molecule has 1 aliphatic rings. The minimum atomic E-state index is -3.49. The van der Waals surface area contributed by atoms with Crippen LogP contribution in [-0.4, -0.2) is 45.8 Å². The zero-order valence-corrected chi connectivity index (χ0v) is 15.2. The molecule has 1 amide bonds. The van der Waals surface area contributed by atoms with Crippen molar-refractivity contribution in [2.24, 2.45) is 5.92 Å². The van der Waals surface area contributed by atoms with Crippen molar-refractivity contribution in [1.29, 1.82) is 0 Å². The quantitative estimate of drug-likeness (QED) is 0.603. The van der Waals surface area contributed by atoms with Crippen molar-refractivity contribution in [2.45, 2.75) is 31.2 Å². The summed E-state index contributed by atoms with van der Waals surface area (Å²) < 4.78 is 32.0. The number of hydrogen-bond donors (Lipinski definition) is 1. The first-order valence-electron chi connectivity index (χ1n) is 8.06. The number of benzene rings is 1. The lowest BCUT2D eigenvalue weighted by atomic mass is 9.76. The molecule has 1 fully saturated rings. The molecule has 0 bridgehead atoms. The first-order valence-corrected chi connectivity index (χ1v) is 9.88. The highest BCUT2D eigenvalue weighted by Gasteiger charge is 2.44. The van der Waals surface area contributed by atoms with Crippen LogP contribution in [0.5, 0.6) is 0 Å². The molecular formula is C17H23NO6S. The summed E-state index contributed by atoms with van der Waals surface area (Å²) >= 11 is 0. The predicted octanol–water partition coefficient (Wildman–Crippen LogP) is 1.49. The first-order chi connectivity index (χ1) is 11.8. The molecule has 0 heterocycles. The molecule has 1 saturated carbocycles. The average molecular weight is 369 g/mol. The Bertz CT molecular complexity index is 708. The molecule has 0 aliphatic heterocycles. The lowest BCUT2D eigenvalue weighted by Gasteiger charge is -2.38. The number of ether oxygens (including phenoxy) is 1. The fourth-order valence-corrected chi connectivity index (χ4v) is 3.45. The van der Waals surface area contributed by atoms with E-state index in [1.807, 2.05) is 0 Å². The van der Waals surface area contributed by atoms with Crippen LogP contribution in [0.2, 0.25) is 0 Å². The molecule has 1 aliphatic carbocycles. The number of carbonyl (C=O) groups excluding carboxylic acids is 2. The zero-order valence-electron chi connectivity index (χ0n) is 14.4. The smallest absolute Gasteiger partial charge is 0.331 e. The molecule has 0 radical (unpaired) electrons. The van der Waals surface area contributed by atoms with Gasteiger partial charge in [0.2, 0.25) is 0 Å². The fraction of sp³-hybridized carbons (Fsp3) is 0.529. The highest BCUT2D eigenvalue weighted by Crippen LogP contribution is 2.34. The van der Waals surface area contributed by atoms with Gasteiger partial charge in [-0.1, -0.05) is 18.2 Å². The molecule has 0 spiro atoms. The van der Waals surface area contributed by atoms with Crippen molar-refractivity contribution in [2.75, 3.05) is 20.0 Å². The number of rotatable bonds is 6. The van der Waals surface area contributed by atoms with E-state index in [1.165, 1.54) is 7.11 Å². The molecule has 25 heavy (non-hydrogen) atoms. The summed E-state index contributed by atoms with van der Waals surface area (Å²) in [5.41, 5.74) is -0.628. The van der Waals surface area contributed by atoms with Gasteiger partial charge in [0.1, 0.15) is 5.54 Å². The normalized spacial score (nSPS) is 23.7. The number of nitrogens with one attached hydrogen (secondary N) is 1. The van der Waals surface area contributed by atoms with Crippen molar-refractivity contribution < 1.29 is 26.9 Å². The largest absolute Gasteiger partial charge is 0.467 e. The third-order valence-corrected chi connectivity index (χ3v) is 5.01. The van der Waals surface area contributed by atoms with Crippen molar-refractivity contribution in [3.8, 4) is 0 Å². The lowest BCUT2D eigenvalue weighted by molar-refractivity contribution is -0.150. The molecule has 7 nitrogen and oxygen atoms in total. The van der Waals surface area contributed by atoms with Gasteiger partial charge < -0.3 is 10.1 Å². The van der Waals surface area contributed by atoms with Crippen molar-refractivity contribution in [3.05, 3.63) is 35.9 Å². The molecule has 138 valence electrons. The second-order valence-electron chi connectivity index (χ2n) is 6.33. The Labute approximate surface area is 147 Å². The molecule has 0 unspecified atom stereocenters. The van der Waals surface area contributed by atoms with E-state index in [-0.39, 0.29) is 18.4 Å². The van der Waals surface area contributed by atoms with Gasteiger partial charge in [-0.15, -0.1) is 0 Å². The van der Waals surface area contributed by atoms with Gasteiger partial charge in [0, 0.05) is 5.56 Å². The molecule has 1 N–H and O–H groups in total. The Morgan fingerprint density at radius 1 is 1.20 bits per heavy atom. The fourth-order valence-electron chi connectivity index (χ4n) is 3.01. The van der Waals surface area contributed by atoms with Gasteiger partial charge in [-0.05, 0) is 43.7 Å². The van der Waals surface area contributed by atoms with Crippen LogP contribution in [0.1, 0.15) is 36.0 Å². The summed E-state index contributed by atoms with van der Waals surface area (Å²) in [6.07, 6.45) is 2.86. The van der Waals surface area contributed by atoms with Crippen LogP contribution in [0.4, 0.5) is 0 Å². The second kappa shape index (κ2) is 7.97. The summed E-state index contributed by atoms with van der Waals surface area (Å²) in [4.78, 5) is 24.8. The first kappa shape index (κ1) is 19.4. The Hall–Kier alpha value is -1.93. The minimum Gasteiger partial charge on any atom is -0.467 e. The molecular weight excluding hydrogens is 346 g/mol. The summed E-state index contributed by atoms with van der Waals surface area (Å²) in [6.45, 7) is 0.0860. The third kappa shape index (κ3) is 5.27. The number of carbonyl (C=O) groups is 2. The number of hydrogen-bond acceptors (Lipinski definition) is 6. The summed E-state index contributed by atoms with van der Waals surface area (Å²) in [5, 5.41) is 2.82. The maximum Gasteiger partial charge on any atom is 0.331 e. The maximum atomic E-state index is 12.5. The van der Waals surface area contributed by atoms with Crippen LogP contribution in [0, 0.1) is 5.92 Å². The number of esters is 1. The second-order valence-corrected chi connectivity index (χ2v) is 7.97. The van der Waals surface area contributed by atoms with Crippen LogP contribution >= 0.6 is 0 Å². The van der Waals surface area contributed by atoms with E-state index in [0.717, 1.165) is 6.26 Å². The maximum absolute atomic E-state index is 12.5. The van der Waals surface area contributed by atoms with Gasteiger partial charge >= 0.3 is 5.97 Å². The standard InChI is InChI=1S/C17H23NO6S/c1-23-16(20)17(18-15(19)14-6-4-3-5-7-14)10-8-13(9-11-17)12-24-25(2,21)22/h3-7,13H,8-12H2,1-2H3,(H,18,19). The van der Waals surface area contributed by atoms with Crippen LogP contribution in [0.15, 0.2) is 30.3 Å². The van der Waals surface area contributed by atoms with E-state index in [9.17, 15) is 18.0 Å². The van der Waals surface area contributed by atoms with E-state index in [4.69, 9.17) is 8.92 Å². The van der Waals surface area contributed by atoms with Gasteiger partial charge in [-0.25, -0.2) is 4.79 Å². The molecule has 2 rings (SSSR count). The van der Waals surface area contributed by atoms with Crippen LogP contribution in [0.3, 0.4) is 0 Å². The van der Waals surface area contributed by atoms with E-state index >= 15 is 0 Å². The monoisotopic (exact) mass is 369 g/mol. The molecule has 0 aromatic heterocycles. The lowest BCUT2D eigenvalue weighted by Crippen LogP contribution is -2.57. The van der Waals surface area contributed by atoms with E-state index < -0.39 is 21.6 Å². The van der Waals surface area contributed by atoms with Crippen molar-refractivity contribution in [3.63, 3.8) is 0 Å².